The van der Waals surface area contributed by atoms with Crippen LogP contribution < -0.4 is 5.69 Å². The first kappa shape index (κ1) is 23.1. The Morgan fingerprint density at radius 3 is 2.30 bits per heavy atom. The molecule has 0 unspecified atom stereocenters. The van der Waals surface area contributed by atoms with E-state index in [2.05, 4.69) is 4.90 Å². The number of hydrogen-bond acceptors (Lipinski definition) is 5. The summed E-state index contributed by atoms with van der Waals surface area (Å²) in [5.74, 6) is 0.0398. The highest BCUT2D eigenvalue weighted by Gasteiger charge is 2.23. The quantitative estimate of drug-likeness (QED) is 0.517. The molecule has 0 bridgehead atoms. The minimum absolute atomic E-state index is 0.0398. The molecule has 0 saturated carbocycles. The van der Waals surface area contributed by atoms with Gasteiger partial charge in [0.2, 0.25) is 0 Å². The fraction of sp³-hybridized carbons (Fsp3) is 0.375. The Balaban J connectivity index is 1.24. The number of imidazole rings is 1. The third-order valence-electron chi connectivity index (χ3n) is 6.16. The van der Waals surface area contributed by atoms with Gasteiger partial charge < -0.3 is 9.64 Å². The molecule has 9 heteroatoms. The third-order valence-corrected chi connectivity index (χ3v) is 6.41. The third kappa shape index (κ3) is 5.12. The molecule has 0 atom stereocenters. The lowest BCUT2D eigenvalue weighted by Crippen LogP contribution is -2.49. The summed E-state index contributed by atoms with van der Waals surface area (Å²) in [6, 6.07) is 12.6. The largest absolute Gasteiger partial charge is 0.445 e. The number of carbonyl (C=O) groups excluding carboxylic acids is 2. The summed E-state index contributed by atoms with van der Waals surface area (Å²) in [5, 5.41) is 0.644. The second-order valence-electron chi connectivity index (χ2n) is 8.29. The van der Waals surface area contributed by atoms with Crippen molar-refractivity contribution in [2.75, 3.05) is 32.7 Å². The molecular weight excluding hydrogens is 444 g/mol. The van der Waals surface area contributed by atoms with Crippen LogP contribution in [0.15, 0.2) is 47.3 Å². The van der Waals surface area contributed by atoms with Crippen molar-refractivity contribution in [2.45, 2.75) is 13.0 Å². The first-order chi connectivity index (χ1) is 15.8. The van der Waals surface area contributed by atoms with Gasteiger partial charge in [-0.15, -0.1) is 0 Å². The number of nitrogens with zero attached hydrogens (tertiary/aromatic N) is 4. The molecule has 1 aliphatic rings. The number of piperazine rings is 1. The standard InChI is InChI=1S/C24H27ClN4O4/c1-26-20-8-5-18(15-21(20)27(2)23(26)31)22(30)9-10-28-11-13-29(14-12-28)24(32)33-16-17-3-6-19(25)7-4-17/h3-8,15H,9-14,16H2,1-2H3. The van der Waals surface area contributed by atoms with Gasteiger partial charge in [0, 0.05) is 63.8 Å². The number of ether oxygens (including phenoxy) is 1. The number of fused-ring (bicyclic) bond motifs is 1. The van der Waals surface area contributed by atoms with Gasteiger partial charge in [0.1, 0.15) is 6.61 Å². The second-order valence-corrected chi connectivity index (χ2v) is 8.72. The van der Waals surface area contributed by atoms with Crippen LogP contribution in [0.25, 0.3) is 11.0 Å². The van der Waals surface area contributed by atoms with Gasteiger partial charge >= 0.3 is 11.8 Å². The minimum Gasteiger partial charge on any atom is -0.445 e. The highest BCUT2D eigenvalue weighted by atomic mass is 35.5. The van der Waals surface area contributed by atoms with E-state index in [1.54, 1.807) is 52.4 Å². The number of aryl methyl sites for hydroxylation is 2. The van der Waals surface area contributed by atoms with Crippen LogP contribution in [0.1, 0.15) is 22.3 Å². The molecule has 3 aromatic rings. The van der Waals surface area contributed by atoms with Crippen molar-refractivity contribution in [1.29, 1.82) is 0 Å². The fourth-order valence-corrected chi connectivity index (χ4v) is 4.18. The summed E-state index contributed by atoms with van der Waals surface area (Å²) in [7, 11) is 3.43. The molecule has 8 nitrogen and oxygen atoms in total. The zero-order chi connectivity index (χ0) is 23.5. The van der Waals surface area contributed by atoms with Crippen LogP contribution in [0, 0.1) is 0 Å². The lowest BCUT2D eigenvalue weighted by atomic mass is 10.1. The highest BCUT2D eigenvalue weighted by molar-refractivity contribution is 6.30. The molecule has 0 aliphatic carbocycles. The smallest absolute Gasteiger partial charge is 0.410 e. The molecule has 4 rings (SSSR count). The highest BCUT2D eigenvalue weighted by Crippen LogP contribution is 2.16. The predicted octanol–water partition coefficient (Wildman–Crippen LogP) is 3.06. The van der Waals surface area contributed by atoms with Crippen molar-refractivity contribution >= 4 is 34.5 Å². The number of halogens is 1. The normalized spacial score (nSPS) is 14.6. The number of Topliss-reactive ketones (excluding diaryl/α,β-unsaturated/α-hetero) is 1. The Hall–Kier alpha value is -3.10. The van der Waals surface area contributed by atoms with Crippen molar-refractivity contribution < 1.29 is 14.3 Å². The van der Waals surface area contributed by atoms with E-state index in [1.165, 1.54) is 0 Å². The van der Waals surface area contributed by atoms with E-state index in [9.17, 15) is 14.4 Å². The van der Waals surface area contributed by atoms with E-state index in [0.717, 1.165) is 16.6 Å². The summed E-state index contributed by atoms with van der Waals surface area (Å²) in [6.45, 7) is 3.34. The molecule has 2 heterocycles. The van der Waals surface area contributed by atoms with Crippen molar-refractivity contribution in [3.63, 3.8) is 0 Å². The molecule has 0 N–H and O–H groups in total. The molecule has 33 heavy (non-hydrogen) atoms. The van der Waals surface area contributed by atoms with Gasteiger partial charge in [-0.3, -0.25) is 18.8 Å². The zero-order valence-electron chi connectivity index (χ0n) is 18.8. The van der Waals surface area contributed by atoms with Gasteiger partial charge in [0.25, 0.3) is 0 Å². The summed E-state index contributed by atoms with van der Waals surface area (Å²) in [4.78, 5) is 41.0. The Labute approximate surface area is 196 Å². The number of carbonyl (C=O) groups is 2. The van der Waals surface area contributed by atoms with E-state index in [1.807, 2.05) is 18.2 Å². The molecule has 1 fully saturated rings. The summed E-state index contributed by atoms with van der Waals surface area (Å²) in [5.41, 5.74) is 2.93. The fourth-order valence-electron chi connectivity index (χ4n) is 4.06. The first-order valence-electron chi connectivity index (χ1n) is 10.9. The van der Waals surface area contributed by atoms with Gasteiger partial charge in [-0.2, -0.15) is 0 Å². The maximum absolute atomic E-state index is 12.7. The van der Waals surface area contributed by atoms with Crippen LogP contribution in [0.4, 0.5) is 4.79 Å². The van der Waals surface area contributed by atoms with Gasteiger partial charge in [-0.1, -0.05) is 23.7 Å². The van der Waals surface area contributed by atoms with Crippen LogP contribution in [-0.4, -0.2) is 63.5 Å². The van der Waals surface area contributed by atoms with E-state index in [-0.39, 0.29) is 24.2 Å². The average molecular weight is 471 g/mol. The lowest BCUT2D eigenvalue weighted by Gasteiger charge is -2.33. The SMILES string of the molecule is Cn1c(=O)n(C)c2cc(C(=O)CCN3CCN(C(=O)OCc4ccc(Cl)cc4)CC3)ccc21. The van der Waals surface area contributed by atoms with Crippen molar-refractivity contribution in [3.8, 4) is 0 Å². The molecule has 1 aliphatic heterocycles. The first-order valence-corrected chi connectivity index (χ1v) is 11.3. The van der Waals surface area contributed by atoms with Crippen LogP contribution >= 0.6 is 11.6 Å². The molecule has 1 aromatic heterocycles. The van der Waals surface area contributed by atoms with Crippen LogP contribution in [0.5, 0.6) is 0 Å². The Morgan fingerprint density at radius 1 is 0.939 bits per heavy atom. The van der Waals surface area contributed by atoms with Crippen molar-refractivity contribution in [2.24, 2.45) is 14.1 Å². The Morgan fingerprint density at radius 2 is 1.61 bits per heavy atom. The summed E-state index contributed by atoms with van der Waals surface area (Å²) >= 11 is 5.87. The molecule has 2 aromatic carbocycles. The number of benzene rings is 2. The maximum atomic E-state index is 12.7. The molecule has 0 radical (unpaired) electrons. The van der Waals surface area contributed by atoms with Crippen LogP contribution in [0.2, 0.25) is 5.02 Å². The monoisotopic (exact) mass is 470 g/mol. The molecule has 1 amide bonds. The number of aromatic nitrogens is 2. The zero-order valence-corrected chi connectivity index (χ0v) is 19.5. The molecule has 0 spiro atoms. The van der Waals surface area contributed by atoms with Crippen LogP contribution in [0.3, 0.4) is 0 Å². The number of hydrogen-bond donors (Lipinski definition) is 0. The van der Waals surface area contributed by atoms with E-state index in [0.29, 0.717) is 49.7 Å². The average Bonchev–Trinajstić information content (AvgIpc) is 3.05. The van der Waals surface area contributed by atoms with Gasteiger partial charge in [0.05, 0.1) is 11.0 Å². The van der Waals surface area contributed by atoms with E-state index >= 15 is 0 Å². The van der Waals surface area contributed by atoms with Gasteiger partial charge in [0.15, 0.2) is 5.78 Å². The van der Waals surface area contributed by atoms with Gasteiger partial charge in [-0.05, 0) is 35.9 Å². The number of ketones is 1. The molecule has 174 valence electrons. The molecule has 1 saturated heterocycles. The minimum atomic E-state index is -0.331. The summed E-state index contributed by atoms with van der Waals surface area (Å²) < 4.78 is 8.52. The summed E-state index contributed by atoms with van der Waals surface area (Å²) in [6.07, 6.45) is 0.0512. The Bertz CT molecular complexity index is 1220. The molecular formula is C24H27ClN4O4. The van der Waals surface area contributed by atoms with Crippen LogP contribution in [-0.2, 0) is 25.4 Å². The second kappa shape index (κ2) is 9.80. The predicted molar refractivity (Wildman–Crippen MR) is 127 cm³/mol. The number of rotatable bonds is 6. The topological polar surface area (TPSA) is 76.8 Å². The van der Waals surface area contributed by atoms with E-state index < -0.39 is 0 Å². The lowest BCUT2D eigenvalue weighted by molar-refractivity contribution is 0.0697. The van der Waals surface area contributed by atoms with E-state index in [4.69, 9.17) is 16.3 Å². The van der Waals surface area contributed by atoms with Crippen molar-refractivity contribution in [1.82, 2.24) is 18.9 Å². The van der Waals surface area contributed by atoms with Gasteiger partial charge in [-0.25, -0.2) is 9.59 Å². The number of amides is 1. The Kier molecular flexibility index (Phi) is 6.85. The maximum Gasteiger partial charge on any atom is 0.410 e. The van der Waals surface area contributed by atoms with Crippen molar-refractivity contribution in [3.05, 3.63) is 69.1 Å².